The predicted molar refractivity (Wildman–Crippen MR) is 175 cm³/mol. The molecule has 1 aromatic rings. The molecular weight excluding hydrogens is 628 g/mol. The fourth-order valence-corrected chi connectivity index (χ4v) is 4.43. The standard InChI is InChI=1S/C32H58N6O10/c1-26(2)5-6-33-32(41)34-7-9-42-11-13-44-15-17-46-19-21-48-22-20-47-18-16-45-14-12-43-10-8-37-24-28(35-36-37)25-38-30(39)23-29(27(3)4)31(38)40/h24,26-27,29H,5-23,25H2,1-4H3,(H2,33,34,41). The van der Waals surface area contributed by atoms with Gasteiger partial charge in [0.15, 0.2) is 0 Å². The highest BCUT2D eigenvalue weighted by Gasteiger charge is 2.40. The first-order chi connectivity index (χ1) is 23.3. The highest BCUT2D eigenvalue weighted by atomic mass is 16.6. The minimum absolute atomic E-state index is 0.130. The number of hydrogen-bond acceptors (Lipinski definition) is 12. The van der Waals surface area contributed by atoms with Crippen LogP contribution in [0.5, 0.6) is 0 Å². The van der Waals surface area contributed by atoms with E-state index in [1.165, 1.54) is 4.90 Å². The summed E-state index contributed by atoms with van der Waals surface area (Å²) < 4.78 is 40.0. The maximum absolute atomic E-state index is 12.5. The van der Waals surface area contributed by atoms with Gasteiger partial charge >= 0.3 is 6.03 Å². The van der Waals surface area contributed by atoms with Crippen molar-refractivity contribution in [1.29, 1.82) is 0 Å². The van der Waals surface area contributed by atoms with Crippen LogP contribution in [-0.4, -0.2) is 143 Å². The van der Waals surface area contributed by atoms with E-state index in [9.17, 15) is 14.4 Å². The molecular formula is C32H58N6O10. The van der Waals surface area contributed by atoms with E-state index in [1.54, 1.807) is 10.9 Å². The summed E-state index contributed by atoms with van der Waals surface area (Å²) in [6.45, 7) is 16.4. The second kappa shape index (κ2) is 26.2. The summed E-state index contributed by atoms with van der Waals surface area (Å²) in [6.07, 6.45) is 2.95. The number of urea groups is 1. The third-order valence-electron chi connectivity index (χ3n) is 7.23. The Morgan fingerprint density at radius 1 is 0.750 bits per heavy atom. The van der Waals surface area contributed by atoms with E-state index in [0.717, 1.165) is 6.42 Å². The van der Waals surface area contributed by atoms with Crippen LogP contribution in [-0.2, 0) is 55.8 Å². The fraction of sp³-hybridized carbons (Fsp3) is 0.844. The molecule has 1 atom stereocenters. The molecule has 1 aliphatic rings. The number of nitrogens with one attached hydrogen (secondary N) is 2. The van der Waals surface area contributed by atoms with Crippen LogP contribution in [0.25, 0.3) is 0 Å². The quantitative estimate of drug-likeness (QED) is 0.0878. The molecule has 1 fully saturated rings. The highest BCUT2D eigenvalue weighted by molar-refractivity contribution is 6.03. The van der Waals surface area contributed by atoms with Crippen LogP contribution in [0.4, 0.5) is 4.79 Å². The summed E-state index contributed by atoms with van der Waals surface area (Å²) in [5, 5.41) is 13.7. The van der Waals surface area contributed by atoms with Crippen molar-refractivity contribution in [3.63, 3.8) is 0 Å². The lowest BCUT2D eigenvalue weighted by molar-refractivity contribution is -0.140. The molecule has 48 heavy (non-hydrogen) atoms. The summed E-state index contributed by atoms with van der Waals surface area (Å²) in [6, 6.07) is -0.169. The molecule has 1 aromatic heterocycles. The van der Waals surface area contributed by atoms with Gasteiger partial charge in [0.05, 0.1) is 112 Å². The lowest BCUT2D eigenvalue weighted by atomic mass is 9.94. The smallest absolute Gasteiger partial charge is 0.314 e. The van der Waals surface area contributed by atoms with Crippen molar-refractivity contribution in [1.82, 2.24) is 30.5 Å². The van der Waals surface area contributed by atoms with Gasteiger partial charge < -0.3 is 43.8 Å². The van der Waals surface area contributed by atoms with Gasteiger partial charge in [-0.2, -0.15) is 0 Å². The van der Waals surface area contributed by atoms with Crippen LogP contribution >= 0.6 is 0 Å². The Bertz CT molecular complexity index is 1010. The molecule has 0 bridgehead atoms. The average molecular weight is 687 g/mol. The third kappa shape index (κ3) is 19.3. The topological polar surface area (TPSA) is 174 Å². The Kier molecular flexibility index (Phi) is 22.6. The van der Waals surface area contributed by atoms with E-state index in [4.69, 9.17) is 33.2 Å². The van der Waals surface area contributed by atoms with Crippen molar-refractivity contribution in [3.8, 4) is 0 Å². The zero-order chi connectivity index (χ0) is 34.8. The SMILES string of the molecule is CC(C)CCNC(=O)NCCOCCOCCOCCOCCOCCOCCOCCn1cc(CN2C(=O)CC(C(C)C)C2=O)nn1. The van der Waals surface area contributed by atoms with E-state index in [-0.39, 0.29) is 42.6 Å². The lowest BCUT2D eigenvalue weighted by Gasteiger charge is -2.14. The van der Waals surface area contributed by atoms with E-state index in [1.807, 2.05) is 13.8 Å². The number of rotatable bonds is 30. The number of carbonyl (C=O) groups excluding carboxylic acids is 3. The average Bonchev–Trinajstić information content (AvgIpc) is 3.62. The lowest BCUT2D eigenvalue weighted by Crippen LogP contribution is -2.38. The second-order valence-electron chi connectivity index (χ2n) is 12.0. The van der Waals surface area contributed by atoms with Gasteiger partial charge in [-0.15, -0.1) is 5.10 Å². The molecule has 0 aliphatic carbocycles. The number of hydrogen-bond donors (Lipinski definition) is 2. The number of likely N-dealkylation sites (tertiary alicyclic amines) is 1. The second-order valence-corrected chi connectivity index (χ2v) is 12.0. The van der Waals surface area contributed by atoms with Gasteiger partial charge in [0.25, 0.3) is 0 Å². The normalized spacial score (nSPS) is 15.0. The van der Waals surface area contributed by atoms with Crippen LogP contribution in [0.15, 0.2) is 6.20 Å². The molecule has 16 heteroatoms. The minimum Gasteiger partial charge on any atom is -0.377 e. The van der Waals surface area contributed by atoms with Crippen molar-refractivity contribution >= 4 is 17.8 Å². The molecule has 4 amide bonds. The minimum atomic E-state index is -0.252. The van der Waals surface area contributed by atoms with Crippen LogP contribution < -0.4 is 10.6 Å². The first kappa shape index (κ1) is 41.4. The maximum atomic E-state index is 12.5. The molecule has 2 heterocycles. The molecule has 1 unspecified atom stereocenters. The first-order valence-corrected chi connectivity index (χ1v) is 17.1. The summed E-state index contributed by atoms with van der Waals surface area (Å²) in [7, 11) is 0. The molecule has 0 saturated carbocycles. The van der Waals surface area contributed by atoms with E-state index < -0.39 is 0 Å². The largest absolute Gasteiger partial charge is 0.377 e. The highest BCUT2D eigenvalue weighted by Crippen LogP contribution is 2.27. The Morgan fingerprint density at radius 2 is 1.23 bits per heavy atom. The number of nitrogens with zero attached hydrogens (tertiary/aromatic N) is 4. The maximum Gasteiger partial charge on any atom is 0.314 e. The van der Waals surface area contributed by atoms with Crippen molar-refractivity contribution < 1.29 is 47.5 Å². The Labute approximate surface area is 284 Å². The van der Waals surface area contributed by atoms with Gasteiger partial charge in [0.1, 0.15) is 5.69 Å². The molecule has 1 saturated heterocycles. The number of amides is 4. The molecule has 1 aliphatic heterocycles. The number of ether oxygens (including phenoxy) is 7. The van der Waals surface area contributed by atoms with Gasteiger partial charge in [-0.25, -0.2) is 9.48 Å². The van der Waals surface area contributed by atoms with Gasteiger partial charge in [-0.05, 0) is 18.3 Å². The Hall–Kier alpha value is -2.73. The zero-order valence-corrected chi connectivity index (χ0v) is 29.3. The fourth-order valence-electron chi connectivity index (χ4n) is 4.43. The zero-order valence-electron chi connectivity index (χ0n) is 29.3. The van der Waals surface area contributed by atoms with Crippen LogP contribution in [0.3, 0.4) is 0 Å². The molecule has 2 N–H and O–H groups in total. The summed E-state index contributed by atoms with van der Waals surface area (Å²) in [5.74, 6) is 0.154. The molecule has 2 rings (SSSR count). The summed E-state index contributed by atoms with van der Waals surface area (Å²) >= 11 is 0. The van der Waals surface area contributed by atoms with Gasteiger partial charge in [0, 0.05) is 25.4 Å². The van der Waals surface area contributed by atoms with Crippen molar-refractivity contribution in [2.75, 3.05) is 106 Å². The van der Waals surface area contributed by atoms with Crippen LogP contribution in [0.1, 0.15) is 46.2 Å². The molecule has 0 aromatic carbocycles. The van der Waals surface area contributed by atoms with Crippen molar-refractivity contribution in [2.45, 2.75) is 53.6 Å². The van der Waals surface area contributed by atoms with Crippen molar-refractivity contribution in [3.05, 3.63) is 11.9 Å². The number of carbonyl (C=O) groups is 3. The molecule has 16 nitrogen and oxygen atoms in total. The number of imide groups is 1. The van der Waals surface area contributed by atoms with E-state index in [2.05, 4.69) is 34.8 Å². The summed E-state index contributed by atoms with van der Waals surface area (Å²) in [5.41, 5.74) is 0.574. The Balaban J connectivity index is 1.26. The Morgan fingerprint density at radius 3 is 1.71 bits per heavy atom. The monoisotopic (exact) mass is 686 g/mol. The number of aromatic nitrogens is 3. The van der Waals surface area contributed by atoms with Gasteiger partial charge in [-0.1, -0.05) is 32.9 Å². The predicted octanol–water partition coefficient (Wildman–Crippen LogP) is 1.27. The van der Waals surface area contributed by atoms with E-state index >= 15 is 0 Å². The van der Waals surface area contributed by atoms with Crippen LogP contribution in [0, 0.1) is 17.8 Å². The first-order valence-electron chi connectivity index (χ1n) is 17.1. The van der Waals surface area contributed by atoms with Crippen molar-refractivity contribution in [2.24, 2.45) is 17.8 Å². The molecule has 0 radical (unpaired) electrons. The molecule has 0 spiro atoms. The van der Waals surface area contributed by atoms with Crippen LogP contribution in [0.2, 0.25) is 0 Å². The van der Waals surface area contributed by atoms with Gasteiger partial charge in [0.2, 0.25) is 11.8 Å². The van der Waals surface area contributed by atoms with E-state index in [0.29, 0.717) is 124 Å². The summed E-state index contributed by atoms with van der Waals surface area (Å²) in [4.78, 5) is 37.5. The molecule has 276 valence electrons. The third-order valence-corrected chi connectivity index (χ3v) is 7.23. The van der Waals surface area contributed by atoms with Gasteiger partial charge in [-0.3, -0.25) is 14.5 Å².